The lowest BCUT2D eigenvalue weighted by Gasteiger charge is -2.21. The van der Waals surface area contributed by atoms with Gasteiger partial charge in [-0.25, -0.2) is 4.39 Å². The normalized spacial score (nSPS) is 19.2. The zero-order valence-electron chi connectivity index (χ0n) is 17.4. The molecule has 3 aromatic carbocycles. The largest absolute Gasteiger partial charge is 0.481 e. The van der Waals surface area contributed by atoms with Gasteiger partial charge in [0.05, 0.1) is 5.75 Å². The minimum Gasteiger partial charge on any atom is -0.481 e. The van der Waals surface area contributed by atoms with E-state index in [1.165, 1.54) is 17.3 Å². The van der Waals surface area contributed by atoms with E-state index in [9.17, 15) is 9.18 Å². The Hall–Kier alpha value is -2.08. The van der Waals surface area contributed by atoms with E-state index in [0.29, 0.717) is 17.3 Å². The van der Waals surface area contributed by atoms with E-state index in [2.05, 4.69) is 30.4 Å². The van der Waals surface area contributed by atoms with Crippen LogP contribution in [0.2, 0.25) is 0 Å². The summed E-state index contributed by atoms with van der Waals surface area (Å²) in [6.07, 6.45) is 3.28. The van der Waals surface area contributed by atoms with Gasteiger partial charge in [0.25, 0.3) is 0 Å². The van der Waals surface area contributed by atoms with Crippen LogP contribution in [-0.4, -0.2) is 22.9 Å². The van der Waals surface area contributed by atoms with Gasteiger partial charge in [0.15, 0.2) is 0 Å². The van der Waals surface area contributed by atoms with Crippen LogP contribution in [0.4, 0.5) is 4.39 Å². The number of benzene rings is 3. The maximum Gasteiger partial charge on any atom is 0.313 e. The Balaban J connectivity index is 0.00000272. The zero-order chi connectivity index (χ0) is 21.1. The van der Waals surface area contributed by atoms with Crippen molar-refractivity contribution in [2.24, 2.45) is 0 Å². The molecule has 164 valence electrons. The summed E-state index contributed by atoms with van der Waals surface area (Å²) in [5.74, 6) is -0.375. The van der Waals surface area contributed by atoms with Crippen LogP contribution in [0.25, 0.3) is 10.8 Å². The summed E-state index contributed by atoms with van der Waals surface area (Å²) < 4.78 is 14.5. The first-order valence-corrected chi connectivity index (χ1v) is 11.4. The van der Waals surface area contributed by atoms with Crippen LogP contribution in [0.5, 0.6) is 0 Å². The van der Waals surface area contributed by atoms with Crippen molar-refractivity contribution in [3.05, 3.63) is 77.6 Å². The first-order chi connectivity index (χ1) is 14.5. The molecule has 31 heavy (non-hydrogen) atoms. The van der Waals surface area contributed by atoms with E-state index in [1.807, 2.05) is 36.4 Å². The Morgan fingerprint density at radius 1 is 1.16 bits per heavy atom. The SMILES string of the molecule is C[C@@H](N[C@H]1CC[C@@H](c2ccc(SCC(=O)O)cc2)C1)c1cc(F)c2ccccc2c1.Cl. The lowest BCUT2D eigenvalue weighted by molar-refractivity contribution is -0.133. The predicted molar refractivity (Wildman–Crippen MR) is 128 cm³/mol. The monoisotopic (exact) mass is 459 g/mol. The fourth-order valence-corrected chi connectivity index (χ4v) is 5.02. The molecule has 3 aromatic rings. The number of rotatable bonds is 7. The number of fused-ring (bicyclic) bond motifs is 1. The predicted octanol–water partition coefficient (Wildman–Crippen LogP) is 6.56. The molecule has 1 aliphatic rings. The molecule has 2 N–H and O–H groups in total. The molecule has 0 bridgehead atoms. The van der Waals surface area contributed by atoms with E-state index < -0.39 is 5.97 Å². The van der Waals surface area contributed by atoms with Gasteiger partial charge in [-0.05, 0) is 72.9 Å². The van der Waals surface area contributed by atoms with E-state index in [1.54, 1.807) is 6.07 Å². The van der Waals surface area contributed by atoms with Gasteiger partial charge in [-0.15, -0.1) is 24.2 Å². The van der Waals surface area contributed by atoms with Gasteiger partial charge in [0.2, 0.25) is 0 Å². The standard InChI is InChI=1S/C25H26FNO2S.ClH/c1-16(20-12-19-4-2-3-5-23(19)24(26)14-20)27-21-9-6-18(13-21)17-7-10-22(11-8-17)30-15-25(28)29;/h2-5,7-8,10-12,14,16,18,21,27H,6,9,13,15H2,1H3,(H,28,29);1H/t16-,18-,21+;/m1./s1. The molecule has 0 saturated heterocycles. The van der Waals surface area contributed by atoms with Gasteiger partial charge in [0.1, 0.15) is 5.82 Å². The first-order valence-electron chi connectivity index (χ1n) is 10.4. The van der Waals surface area contributed by atoms with Gasteiger partial charge in [0, 0.05) is 22.4 Å². The molecular weight excluding hydrogens is 433 g/mol. The second-order valence-corrected chi connectivity index (χ2v) is 9.12. The molecule has 0 spiro atoms. The number of hydrogen-bond donors (Lipinski definition) is 2. The van der Waals surface area contributed by atoms with Crippen molar-refractivity contribution >= 4 is 40.9 Å². The molecule has 0 aliphatic heterocycles. The molecule has 3 atom stereocenters. The second kappa shape index (κ2) is 10.5. The number of carbonyl (C=O) groups is 1. The van der Waals surface area contributed by atoms with E-state index >= 15 is 0 Å². The quantitative estimate of drug-likeness (QED) is 0.392. The molecule has 0 amide bonds. The molecule has 1 fully saturated rings. The fourth-order valence-electron chi connectivity index (χ4n) is 4.40. The van der Waals surface area contributed by atoms with Crippen molar-refractivity contribution in [1.82, 2.24) is 5.32 Å². The molecule has 4 rings (SSSR count). The minimum absolute atomic E-state index is 0. The van der Waals surface area contributed by atoms with Crippen LogP contribution in [-0.2, 0) is 4.79 Å². The number of carboxylic acids is 1. The third kappa shape index (κ3) is 5.79. The Morgan fingerprint density at radius 2 is 1.90 bits per heavy atom. The molecule has 3 nitrogen and oxygen atoms in total. The first kappa shape index (κ1) is 23.6. The summed E-state index contributed by atoms with van der Waals surface area (Å²) in [6, 6.07) is 20.1. The number of carboxylic acid groups (broad SMARTS) is 1. The number of aliphatic carboxylic acids is 1. The highest BCUT2D eigenvalue weighted by molar-refractivity contribution is 8.00. The third-order valence-corrected chi connectivity index (χ3v) is 6.96. The minimum atomic E-state index is -0.797. The number of halogens is 2. The topological polar surface area (TPSA) is 49.3 Å². The van der Waals surface area contributed by atoms with Crippen LogP contribution in [0.15, 0.2) is 65.6 Å². The smallest absolute Gasteiger partial charge is 0.313 e. The Morgan fingerprint density at radius 3 is 2.65 bits per heavy atom. The summed E-state index contributed by atoms with van der Waals surface area (Å²) in [7, 11) is 0. The Bertz CT molecular complexity index is 1040. The fraction of sp³-hybridized carbons (Fsp3) is 0.320. The van der Waals surface area contributed by atoms with Crippen LogP contribution >= 0.6 is 24.2 Å². The average molecular weight is 460 g/mol. The number of nitrogens with one attached hydrogen (secondary N) is 1. The Kier molecular flexibility index (Phi) is 7.98. The summed E-state index contributed by atoms with van der Waals surface area (Å²) in [5, 5.41) is 14.1. The third-order valence-electron chi connectivity index (χ3n) is 5.97. The maximum atomic E-state index is 14.5. The van der Waals surface area contributed by atoms with Crippen molar-refractivity contribution < 1.29 is 14.3 Å². The van der Waals surface area contributed by atoms with Crippen molar-refractivity contribution in [2.75, 3.05) is 5.75 Å². The van der Waals surface area contributed by atoms with Crippen LogP contribution < -0.4 is 5.32 Å². The van der Waals surface area contributed by atoms with Crippen molar-refractivity contribution in [3.8, 4) is 0 Å². The molecule has 6 heteroatoms. The molecule has 0 heterocycles. The summed E-state index contributed by atoms with van der Waals surface area (Å²) >= 11 is 1.35. The van der Waals surface area contributed by atoms with Crippen molar-refractivity contribution in [1.29, 1.82) is 0 Å². The highest BCUT2D eigenvalue weighted by Gasteiger charge is 2.27. The number of hydrogen-bond acceptors (Lipinski definition) is 3. The number of thioether (sulfide) groups is 1. The molecule has 0 radical (unpaired) electrons. The zero-order valence-corrected chi connectivity index (χ0v) is 19.0. The highest BCUT2D eigenvalue weighted by atomic mass is 35.5. The van der Waals surface area contributed by atoms with Gasteiger partial charge in [-0.2, -0.15) is 0 Å². The van der Waals surface area contributed by atoms with Crippen LogP contribution in [0.3, 0.4) is 0 Å². The van der Waals surface area contributed by atoms with Gasteiger partial charge in [-0.1, -0.05) is 36.4 Å². The maximum absolute atomic E-state index is 14.5. The van der Waals surface area contributed by atoms with Crippen molar-refractivity contribution in [2.45, 2.75) is 49.1 Å². The van der Waals surface area contributed by atoms with Gasteiger partial charge >= 0.3 is 5.97 Å². The average Bonchev–Trinajstić information content (AvgIpc) is 3.21. The van der Waals surface area contributed by atoms with Gasteiger partial charge in [-0.3, -0.25) is 4.79 Å². The summed E-state index contributed by atoms with van der Waals surface area (Å²) in [4.78, 5) is 11.7. The van der Waals surface area contributed by atoms with Crippen LogP contribution in [0.1, 0.15) is 49.3 Å². The van der Waals surface area contributed by atoms with E-state index in [-0.39, 0.29) is 30.0 Å². The lowest BCUT2D eigenvalue weighted by atomic mass is 9.97. The molecule has 0 unspecified atom stereocenters. The molecule has 1 aliphatic carbocycles. The summed E-state index contributed by atoms with van der Waals surface area (Å²) in [6.45, 7) is 2.10. The molecule has 0 aromatic heterocycles. The Labute approximate surface area is 192 Å². The van der Waals surface area contributed by atoms with E-state index in [0.717, 1.165) is 35.1 Å². The molecular formula is C25H27ClFNO2S. The van der Waals surface area contributed by atoms with E-state index in [4.69, 9.17) is 5.11 Å². The second-order valence-electron chi connectivity index (χ2n) is 8.07. The van der Waals surface area contributed by atoms with Crippen LogP contribution in [0, 0.1) is 5.82 Å². The molecule has 1 saturated carbocycles. The van der Waals surface area contributed by atoms with Crippen molar-refractivity contribution in [3.63, 3.8) is 0 Å². The van der Waals surface area contributed by atoms with Gasteiger partial charge < -0.3 is 10.4 Å². The summed E-state index contributed by atoms with van der Waals surface area (Å²) in [5.41, 5.74) is 2.29. The lowest BCUT2D eigenvalue weighted by Crippen LogP contribution is -2.29. The highest BCUT2D eigenvalue weighted by Crippen LogP contribution is 2.36.